The summed E-state index contributed by atoms with van der Waals surface area (Å²) in [5.74, 6) is 0.130. The molecule has 0 fully saturated rings. The zero-order valence-electron chi connectivity index (χ0n) is 17.6. The minimum absolute atomic E-state index is 0.0649. The summed E-state index contributed by atoms with van der Waals surface area (Å²) in [5.41, 5.74) is 3.06. The second kappa shape index (κ2) is 7.05. The minimum Gasteiger partial charge on any atom is -0.459 e. The molecule has 4 rings (SSSR count). The van der Waals surface area contributed by atoms with Crippen molar-refractivity contribution in [1.29, 1.82) is 0 Å². The number of Topliss-reactive ketones (excluding diaryl/α,β-unsaturated/α-hetero) is 1. The van der Waals surface area contributed by atoms with Gasteiger partial charge in [0.2, 0.25) is 0 Å². The summed E-state index contributed by atoms with van der Waals surface area (Å²) in [6.45, 7) is 8.68. The first kappa shape index (κ1) is 19.8. The fourth-order valence-electron chi connectivity index (χ4n) is 3.40. The number of aryl methyl sites for hydroxylation is 1. The number of nitrogens with zero attached hydrogens (tertiary/aromatic N) is 5. The third kappa shape index (κ3) is 3.80. The van der Waals surface area contributed by atoms with Crippen LogP contribution in [-0.2, 0) is 16.1 Å². The van der Waals surface area contributed by atoms with Gasteiger partial charge in [-0.3, -0.25) is 14.3 Å². The van der Waals surface area contributed by atoms with Crippen molar-refractivity contribution in [2.24, 2.45) is 0 Å². The van der Waals surface area contributed by atoms with E-state index in [1.165, 1.54) is 11.6 Å². The van der Waals surface area contributed by atoms with E-state index < -0.39 is 11.6 Å². The Morgan fingerprint density at radius 1 is 1.07 bits per heavy atom. The Bertz CT molecular complexity index is 1290. The summed E-state index contributed by atoms with van der Waals surface area (Å²) in [5, 5.41) is 9.44. The first-order valence-electron chi connectivity index (χ1n) is 9.67. The molecule has 0 bridgehead atoms. The molecule has 3 heterocycles. The molecule has 30 heavy (non-hydrogen) atoms. The smallest absolute Gasteiger partial charge is 0.328 e. The van der Waals surface area contributed by atoms with Gasteiger partial charge in [0.25, 0.3) is 0 Å². The van der Waals surface area contributed by atoms with Crippen LogP contribution in [0.5, 0.6) is 0 Å². The number of esters is 1. The number of carbonyl (C=O) groups excluding carboxylic acids is 2. The SMILES string of the molecule is CC(=O)c1nn(CC(=O)OC(C)(C)C)c2ccc(-c3ccc4nc(C)nn4c3)cc12. The molecule has 8 nitrogen and oxygen atoms in total. The zero-order valence-corrected chi connectivity index (χ0v) is 17.6. The van der Waals surface area contributed by atoms with Gasteiger partial charge in [0.15, 0.2) is 11.4 Å². The predicted molar refractivity (Wildman–Crippen MR) is 112 cm³/mol. The number of carbonyl (C=O) groups is 2. The van der Waals surface area contributed by atoms with E-state index in [1.54, 1.807) is 4.52 Å². The molecule has 0 spiro atoms. The summed E-state index contributed by atoms with van der Waals surface area (Å²) in [4.78, 5) is 28.8. The van der Waals surface area contributed by atoms with E-state index in [0.717, 1.165) is 16.8 Å². The summed E-state index contributed by atoms with van der Waals surface area (Å²) < 4.78 is 8.65. The Balaban J connectivity index is 1.76. The predicted octanol–water partition coefficient (Wildman–Crippen LogP) is 3.60. The standard InChI is InChI=1S/C22H23N5O3/c1-13(28)21-17-10-15(16-7-9-19-23-14(2)24-27(19)11-16)6-8-18(17)26(25-21)12-20(29)30-22(3,4)5/h6-11H,12H2,1-5H3. The van der Waals surface area contributed by atoms with E-state index >= 15 is 0 Å². The van der Waals surface area contributed by atoms with Crippen LogP contribution in [0.4, 0.5) is 0 Å². The Morgan fingerprint density at radius 3 is 2.50 bits per heavy atom. The number of rotatable bonds is 4. The van der Waals surface area contributed by atoms with Crippen LogP contribution in [0.3, 0.4) is 0 Å². The summed E-state index contributed by atoms with van der Waals surface area (Å²) >= 11 is 0. The lowest BCUT2D eigenvalue weighted by Crippen LogP contribution is -2.26. The first-order valence-corrected chi connectivity index (χ1v) is 9.67. The third-order valence-electron chi connectivity index (χ3n) is 4.55. The fourth-order valence-corrected chi connectivity index (χ4v) is 3.40. The Morgan fingerprint density at radius 2 is 1.80 bits per heavy atom. The molecule has 0 atom stereocenters. The molecule has 0 aliphatic rings. The molecule has 0 aliphatic carbocycles. The second-order valence-corrected chi connectivity index (χ2v) is 8.26. The van der Waals surface area contributed by atoms with Crippen molar-refractivity contribution >= 4 is 28.3 Å². The van der Waals surface area contributed by atoms with Gasteiger partial charge < -0.3 is 4.74 Å². The largest absolute Gasteiger partial charge is 0.459 e. The number of pyridine rings is 1. The summed E-state index contributed by atoms with van der Waals surface area (Å²) in [6, 6.07) is 9.58. The van der Waals surface area contributed by atoms with Crippen molar-refractivity contribution in [3.05, 3.63) is 48.0 Å². The van der Waals surface area contributed by atoms with Crippen molar-refractivity contribution in [2.45, 2.75) is 46.8 Å². The molecular weight excluding hydrogens is 382 g/mol. The quantitative estimate of drug-likeness (QED) is 0.381. The van der Waals surface area contributed by atoms with Crippen molar-refractivity contribution in [3.63, 3.8) is 0 Å². The van der Waals surface area contributed by atoms with Crippen molar-refractivity contribution in [3.8, 4) is 11.1 Å². The molecule has 0 saturated carbocycles. The molecular formula is C22H23N5O3. The lowest BCUT2D eigenvalue weighted by molar-refractivity contribution is -0.155. The van der Waals surface area contributed by atoms with Crippen LogP contribution >= 0.6 is 0 Å². The van der Waals surface area contributed by atoms with Gasteiger partial charge in [0, 0.05) is 24.1 Å². The maximum atomic E-state index is 12.3. The highest BCUT2D eigenvalue weighted by Gasteiger charge is 2.20. The van der Waals surface area contributed by atoms with Crippen LogP contribution in [-0.4, -0.2) is 41.7 Å². The highest BCUT2D eigenvalue weighted by atomic mass is 16.6. The topological polar surface area (TPSA) is 91.4 Å². The molecule has 0 unspecified atom stereocenters. The van der Waals surface area contributed by atoms with Crippen LogP contribution in [0.1, 0.15) is 44.0 Å². The molecule has 8 heteroatoms. The number of hydrogen-bond donors (Lipinski definition) is 0. The van der Waals surface area contributed by atoms with E-state index in [-0.39, 0.29) is 12.3 Å². The highest BCUT2D eigenvalue weighted by molar-refractivity contribution is 6.06. The Kier molecular flexibility index (Phi) is 4.64. The Labute approximate surface area is 173 Å². The molecule has 0 aliphatic heterocycles. The van der Waals surface area contributed by atoms with Gasteiger partial charge in [-0.25, -0.2) is 9.50 Å². The van der Waals surface area contributed by atoms with Gasteiger partial charge >= 0.3 is 5.97 Å². The minimum atomic E-state index is -0.588. The zero-order chi connectivity index (χ0) is 21.6. The lowest BCUT2D eigenvalue weighted by atomic mass is 10.0. The number of ketones is 1. The molecule has 1 aromatic carbocycles. The molecule has 4 aromatic rings. The van der Waals surface area contributed by atoms with Crippen LogP contribution in [0.25, 0.3) is 27.7 Å². The van der Waals surface area contributed by atoms with Crippen molar-refractivity contribution < 1.29 is 14.3 Å². The number of hydrogen-bond acceptors (Lipinski definition) is 6. The fraction of sp³-hybridized carbons (Fsp3) is 0.318. The van der Waals surface area contributed by atoms with Gasteiger partial charge in [-0.05, 0) is 57.5 Å². The molecule has 0 radical (unpaired) electrons. The number of benzene rings is 1. The third-order valence-corrected chi connectivity index (χ3v) is 4.55. The van der Waals surface area contributed by atoms with E-state index in [0.29, 0.717) is 22.4 Å². The number of ether oxygens (including phenoxy) is 1. The lowest BCUT2D eigenvalue weighted by Gasteiger charge is -2.19. The summed E-state index contributed by atoms with van der Waals surface area (Å²) in [6.07, 6.45) is 1.90. The average molecular weight is 405 g/mol. The number of fused-ring (bicyclic) bond motifs is 2. The highest BCUT2D eigenvalue weighted by Crippen LogP contribution is 2.27. The molecule has 154 valence electrons. The second-order valence-electron chi connectivity index (χ2n) is 8.26. The van der Waals surface area contributed by atoms with Crippen LogP contribution in [0, 0.1) is 6.92 Å². The van der Waals surface area contributed by atoms with Crippen molar-refractivity contribution in [2.75, 3.05) is 0 Å². The van der Waals surface area contributed by atoms with E-state index in [4.69, 9.17) is 4.74 Å². The van der Waals surface area contributed by atoms with Crippen LogP contribution in [0.2, 0.25) is 0 Å². The van der Waals surface area contributed by atoms with Gasteiger partial charge in [0.1, 0.15) is 23.7 Å². The molecule has 0 N–H and O–H groups in total. The number of aromatic nitrogens is 5. The molecule has 3 aromatic heterocycles. The van der Waals surface area contributed by atoms with E-state index in [1.807, 2.05) is 64.2 Å². The average Bonchev–Trinajstić information content (AvgIpc) is 3.18. The van der Waals surface area contributed by atoms with E-state index in [9.17, 15) is 9.59 Å². The van der Waals surface area contributed by atoms with Gasteiger partial charge in [-0.2, -0.15) is 10.2 Å². The van der Waals surface area contributed by atoms with E-state index in [2.05, 4.69) is 15.2 Å². The first-order chi connectivity index (χ1) is 14.1. The molecule has 0 saturated heterocycles. The normalized spacial score (nSPS) is 11.9. The summed E-state index contributed by atoms with van der Waals surface area (Å²) in [7, 11) is 0. The maximum Gasteiger partial charge on any atom is 0.328 e. The van der Waals surface area contributed by atoms with Gasteiger partial charge in [-0.15, -0.1) is 0 Å². The Hall–Kier alpha value is -3.55. The maximum absolute atomic E-state index is 12.3. The van der Waals surface area contributed by atoms with Crippen LogP contribution in [0.15, 0.2) is 36.5 Å². The van der Waals surface area contributed by atoms with Gasteiger partial charge in [0.05, 0.1) is 5.52 Å². The van der Waals surface area contributed by atoms with Gasteiger partial charge in [-0.1, -0.05) is 6.07 Å². The monoisotopic (exact) mass is 405 g/mol. The molecule has 0 amide bonds. The van der Waals surface area contributed by atoms with Crippen LogP contribution < -0.4 is 0 Å². The van der Waals surface area contributed by atoms with Crippen molar-refractivity contribution in [1.82, 2.24) is 24.4 Å².